The van der Waals surface area contributed by atoms with Crippen LogP contribution in [0.3, 0.4) is 0 Å². The van der Waals surface area contributed by atoms with E-state index < -0.39 is 20.9 Å². The van der Waals surface area contributed by atoms with Crippen LogP contribution in [-0.4, -0.2) is 37.7 Å². The van der Waals surface area contributed by atoms with E-state index in [4.69, 9.17) is 11.3 Å². The average molecular weight is 418 g/mol. The smallest absolute Gasteiger partial charge is 0.269 e. The molecule has 2 aromatic carbocycles. The van der Waals surface area contributed by atoms with Gasteiger partial charge in [-0.25, -0.2) is 13.1 Å². The number of carbonyl (C=O) groups excluding carboxylic acids is 1. The lowest BCUT2D eigenvalue weighted by Gasteiger charge is -2.11. The van der Waals surface area contributed by atoms with Gasteiger partial charge in [0.1, 0.15) is 5.71 Å². The van der Waals surface area contributed by atoms with E-state index in [1.165, 1.54) is 0 Å². The molecule has 152 valence electrons. The molecule has 0 saturated heterocycles. The van der Waals surface area contributed by atoms with Crippen molar-refractivity contribution in [2.45, 2.75) is 11.3 Å². The van der Waals surface area contributed by atoms with Crippen LogP contribution in [-0.2, 0) is 14.8 Å². The molecule has 2 rings (SSSR count). The molecule has 0 bridgehead atoms. The first-order chi connectivity index (χ1) is 13.8. The zero-order valence-electron chi connectivity index (χ0n) is 15.0. The second-order valence-corrected chi connectivity index (χ2v) is 7.42. The predicted octanol–water partition coefficient (Wildman–Crippen LogP) is 1.21. The summed E-state index contributed by atoms with van der Waals surface area (Å²) in [7, 11) is -3.92. The molecule has 0 heterocycles. The second-order valence-electron chi connectivity index (χ2n) is 5.65. The Morgan fingerprint density at radius 1 is 1.21 bits per heavy atom. The van der Waals surface area contributed by atoms with Crippen molar-refractivity contribution in [3.05, 3.63) is 64.2 Å². The lowest BCUT2D eigenvalue weighted by atomic mass is 10.1. The first kappa shape index (κ1) is 21.7. The summed E-state index contributed by atoms with van der Waals surface area (Å²) in [4.78, 5) is 22.0. The Hall–Kier alpha value is -3.64. The number of nitrogens with zero attached hydrogens (tertiary/aromatic N) is 2. The lowest BCUT2D eigenvalue weighted by molar-refractivity contribution is -0.384. The summed E-state index contributed by atoms with van der Waals surface area (Å²) < 4.78 is 26.7. The number of nitrogens with one attached hydrogen (secondary N) is 3. The molecular formula is C17H18N6O5S. The van der Waals surface area contributed by atoms with E-state index in [1.54, 1.807) is 24.3 Å². The Morgan fingerprint density at radius 2 is 1.86 bits per heavy atom. The maximum atomic E-state index is 12.2. The monoisotopic (exact) mass is 418 g/mol. The van der Waals surface area contributed by atoms with Crippen molar-refractivity contribution in [1.82, 2.24) is 4.72 Å². The topological polar surface area (TPSA) is 181 Å². The summed E-state index contributed by atoms with van der Waals surface area (Å²) in [5, 5.41) is 24.0. The number of hydrazone groups is 1. The largest absolute Gasteiger partial charge is 0.325 e. The standard InChI is InChI=1S/C17H18N6O5S/c18-11-16(22-19)14-3-1-2-4-15(14)21-17(24)9-10-20-29(27,28)13-7-5-12(6-8-13)23(25)26/h1-8,11,18,20H,9-10,19H2,(H,21,24)/b18-11?,22-16+. The maximum Gasteiger partial charge on any atom is 0.269 e. The first-order valence-corrected chi connectivity index (χ1v) is 9.68. The van der Waals surface area contributed by atoms with E-state index in [2.05, 4.69) is 15.1 Å². The first-order valence-electron chi connectivity index (χ1n) is 8.20. The van der Waals surface area contributed by atoms with Crippen LogP contribution in [0.4, 0.5) is 11.4 Å². The third kappa shape index (κ3) is 5.67. The number of para-hydroxylation sites is 1. The van der Waals surface area contributed by atoms with Gasteiger partial charge in [0.05, 0.1) is 15.5 Å². The fourth-order valence-electron chi connectivity index (χ4n) is 2.34. The van der Waals surface area contributed by atoms with Crippen molar-refractivity contribution in [2.75, 3.05) is 11.9 Å². The van der Waals surface area contributed by atoms with E-state index in [-0.39, 0.29) is 29.3 Å². The molecule has 1 amide bonds. The third-order valence-corrected chi connectivity index (χ3v) is 5.23. The molecule has 0 unspecified atom stereocenters. The van der Waals surface area contributed by atoms with Gasteiger partial charge in [0, 0.05) is 36.9 Å². The minimum absolute atomic E-state index is 0.149. The van der Waals surface area contributed by atoms with E-state index in [0.717, 1.165) is 30.5 Å². The average Bonchev–Trinajstić information content (AvgIpc) is 2.70. The van der Waals surface area contributed by atoms with Crippen LogP contribution in [0.25, 0.3) is 0 Å². The molecule has 11 nitrogen and oxygen atoms in total. The number of hydrogen-bond acceptors (Lipinski definition) is 8. The van der Waals surface area contributed by atoms with Crippen molar-refractivity contribution >= 4 is 39.2 Å². The molecule has 0 aliphatic rings. The number of benzene rings is 2. The molecule has 0 aromatic heterocycles. The maximum absolute atomic E-state index is 12.2. The number of hydrogen-bond donors (Lipinski definition) is 4. The van der Waals surface area contributed by atoms with Gasteiger partial charge in [-0.05, 0) is 18.2 Å². The molecule has 5 N–H and O–H groups in total. The number of amides is 1. The molecular weight excluding hydrogens is 400 g/mol. The van der Waals surface area contributed by atoms with Gasteiger partial charge >= 0.3 is 0 Å². The number of sulfonamides is 1. The minimum Gasteiger partial charge on any atom is -0.325 e. The number of anilines is 1. The summed E-state index contributed by atoms with van der Waals surface area (Å²) in [6, 6.07) is 11.0. The van der Waals surface area contributed by atoms with Gasteiger partial charge in [-0.3, -0.25) is 14.9 Å². The minimum atomic E-state index is -3.92. The number of carbonyl (C=O) groups is 1. The second kappa shape index (κ2) is 9.52. The molecule has 0 fully saturated rings. The third-order valence-electron chi connectivity index (χ3n) is 3.75. The number of non-ortho nitro benzene ring substituents is 1. The number of nitro groups is 1. The van der Waals surface area contributed by atoms with Crippen LogP contribution in [0.2, 0.25) is 0 Å². The summed E-state index contributed by atoms with van der Waals surface area (Å²) >= 11 is 0. The molecule has 0 atom stereocenters. The highest BCUT2D eigenvalue weighted by Gasteiger charge is 2.16. The van der Waals surface area contributed by atoms with E-state index in [9.17, 15) is 23.3 Å². The Labute approximate surface area is 166 Å². The van der Waals surface area contributed by atoms with E-state index in [1.807, 2.05) is 0 Å². The van der Waals surface area contributed by atoms with Gasteiger partial charge < -0.3 is 16.6 Å². The van der Waals surface area contributed by atoms with Crippen LogP contribution in [0, 0.1) is 15.5 Å². The molecule has 0 spiro atoms. The molecule has 29 heavy (non-hydrogen) atoms. The van der Waals surface area contributed by atoms with Crippen molar-refractivity contribution in [3.8, 4) is 0 Å². The normalized spacial score (nSPS) is 11.7. The predicted molar refractivity (Wildman–Crippen MR) is 107 cm³/mol. The van der Waals surface area contributed by atoms with Gasteiger partial charge in [-0.1, -0.05) is 18.2 Å². The molecule has 12 heteroatoms. The fraction of sp³-hybridized carbons (Fsp3) is 0.118. The van der Waals surface area contributed by atoms with E-state index in [0.29, 0.717) is 11.3 Å². The van der Waals surface area contributed by atoms with E-state index >= 15 is 0 Å². The highest BCUT2D eigenvalue weighted by atomic mass is 32.2. The number of rotatable bonds is 9. The SMILES string of the molecule is N=C/C(=N\N)c1ccccc1NC(=O)CCNS(=O)(=O)c1ccc([N+](=O)[O-])cc1. The Bertz CT molecular complexity index is 1050. The van der Waals surface area contributed by atoms with Crippen LogP contribution in [0.5, 0.6) is 0 Å². The Morgan fingerprint density at radius 3 is 2.45 bits per heavy atom. The summed E-state index contributed by atoms with van der Waals surface area (Å²) in [6.45, 7) is -0.185. The zero-order chi connectivity index (χ0) is 21.4. The molecule has 0 aliphatic heterocycles. The summed E-state index contributed by atoms with van der Waals surface area (Å²) in [6.07, 6.45) is 0.781. The zero-order valence-corrected chi connectivity index (χ0v) is 15.8. The number of nitrogens with two attached hydrogens (primary N) is 1. The van der Waals surface area contributed by atoms with Crippen LogP contribution in [0.1, 0.15) is 12.0 Å². The van der Waals surface area contributed by atoms with Crippen molar-refractivity contribution in [1.29, 1.82) is 5.41 Å². The Balaban J connectivity index is 1.98. The van der Waals surface area contributed by atoms with Gasteiger partial charge in [0.15, 0.2) is 0 Å². The molecule has 0 aliphatic carbocycles. The van der Waals surface area contributed by atoms with Gasteiger partial charge in [-0.15, -0.1) is 0 Å². The lowest BCUT2D eigenvalue weighted by Crippen LogP contribution is -2.28. The van der Waals surface area contributed by atoms with Crippen molar-refractivity contribution < 1.29 is 18.1 Å². The summed E-state index contributed by atoms with van der Waals surface area (Å²) in [5.41, 5.74) is 0.764. The summed E-state index contributed by atoms with van der Waals surface area (Å²) in [5.74, 6) is 4.77. The molecule has 2 aromatic rings. The Kier molecular flexibility index (Phi) is 7.11. The number of nitro benzene ring substituents is 1. The van der Waals surface area contributed by atoms with Gasteiger partial charge in [0.25, 0.3) is 5.69 Å². The molecule has 0 radical (unpaired) electrons. The van der Waals surface area contributed by atoms with Crippen molar-refractivity contribution in [2.24, 2.45) is 10.9 Å². The van der Waals surface area contributed by atoms with Crippen LogP contribution >= 0.6 is 0 Å². The van der Waals surface area contributed by atoms with Crippen LogP contribution in [0.15, 0.2) is 58.5 Å². The van der Waals surface area contributed by atoms with Crippen molar-refractivity contribution in [3.63, 3.8) is 0 Å². The quantitative estimate of drug-likeness (QED) is 0.205. The molecule has 0 saturated carbocycles. The van der Waals surface area contributed by atoms with Gasteiger partial charge in [0.2, 0.25) is 15.9 Å². The van der Waals surface area contributed by atoms with Crippen LogP contribution < -0.4 is 15.9 Å². The highest BCUT2D eigenvalue weighted by molar-refractivity contribution is 7.89. The fourth-order valence-corrected chi connectivity index (χ4v) is 3.37. The highest BCUT2D eigenvalue weighted by Crippen LogP contribution is 2.17. The van der Waals surface area contributed by atoms with Gasteiger partial charge in [-0.2, -0.15) is 5.10 Å².